The number of thioether (sulfide) groups is 1. The van der Waals surface area contributed by atoms with Crippen molar-refractivity contribution in [3.05, 3.63) is 30.1 Å². The smallest absolute Gasteiger partial charge is 0.166 e. The number of rotatable bonds is 7. The molecule has 0 aliphatic heterocycles. The van der Waals surface area contributed by atoms with Gasteiger partial charge in [-0.2, -0.15) is 0 Å². The first kappa shape index (κ1) is 19.5. The monoisotopic (exact) mass is 423 g/mol. The van der Waals surface area contributed by atoms with Crippen LogP contribution in [0.3, 0.4) is 0 Å². The lowest BCUT2D eigenvalue weighted by atomic mass is 10.1. The maximum atomic E-state index is 5.76. The average molecular weight is 424 g/mol. The summed E-state index contributed by atoms with van der Waals surface area (Å²) in [6.07, 6.45) is 9.23. The van der Waals surface area contributed by atoms with Gasteiger partial charge in [0.15, 0.2) is 5.65 Å². The van der Waals surface area contributed by atoms with E-state index >= 15 is 0 Å². The van der Waals surface area contributed by atoms with Crippen molar-refractivity contribution in [3.63, 3.8) is 0 Å². The normalized spacial score (nSPS) is 16.2. The van der Waals surface area contributed by atoms with E-state index in [1.807, 2.05) is 20.3 Å². The number of nitrogens with zero attached hydrogens (tertiary/aromatic N) is 5. The summed E-state index contributed by atoms with van der Waals surface area (Å²) in [5.74, 6) is 2.07. The molecule has 3 aromatic rings. The molecule has 0 unspecified atom stereocenters. The highest BCUT2D eigenvalue weighted by Gasteiger charge is 2.42. The lowest BCUT2D eigenvalue weighted by molar-refractivity contribution is 0.416. The van der Waals surface area contributed by atoms with Gasteiger partial charge < -0.3 is 14.5 Å². The molecule has 2 aliphatic rings. The van der Waals surface area contributed by atoms with Crippen LogP contribution in [0.25, 0.3) is 16.9 Å². The summed E-state index contributed by atoms with van der Waals surface area (Å²) in [7, 11) is 5.79. The molecule has 6 nitrogen and oxygen atoms in total. The zero-order chi connectivity index (χ0) is 21.0. The predicted molar refractivity (Wildman–Crippen MR) is 124 cm³/mol. The fourth-order valence-electron chi connectivity index (χ4n) is 4.21. The Morgan fingerprint density at radius 3 is 2.40 bits per heavy atom. The molecule has 2 heterocycles. The second-order valence-electron chi connectivity index (χ2n) is 8.50. The van der Waals surface area contributed by atoms with Gasteiger partial charge in [0.05, 0.1) is 7.11 Å². The Hall–Kier alpha value is -2.41. The summed E-state index contributed by atoms with van der Waals surface area (Å²) in [4.78, 5) is 14.6. The molecule has 0 atom stereocenters. The number of aromatic nitrogens is 3. The third kappa shape index (κ3) is 3.20. The number of anilines is 2. The van der Waals surface area contributed by atoms with Crippen molar-refractivity contribution in [1.29, 1.82) is 0 Å². The van der Waals surface area contributed by atoms with E-state index in [1.165, 1.54) is 31.5 Å². The molecule has 0 bridgehead atoms. The van der Waals surface area contributed by atoms with E-state index in [0.717, 1.165) is 39.1 Å². The minimum atomic E-state index is 0.660. The Kier molecular flexibility index (Phi) is 4.81. The number of imidazole rings is 1. The van der Waals surface area contributed by atoms with Crippen molar-refractivity contribution < 1.29 is 4.74 Å². The summed E-state index contributed by atoms with van der Waals surface area (Å²) < 4.78 is 8.08. The lowest BCUT2D eigenvalue weighted by Crippen LogP contribution is -2.30. The van der Waals surface area contributed by atoms with Crippen LogP contribution in [0.5, 0.6) is 5.75 Å². The van der Waals surface area contributed by atoms with Gasteiger partial charge in [0.1, 0.15) is 22.3 Å². The summed E-state index contributed by atoms with van der Waals surface area (Å²) in [6, 6.07) is 7.59. The van der Waals surface area contributed by atoms with E-state index in [9.17, 15) is 0 Å². The summed E-state index contributed by atoms with van der Waals surface area (Å²) in [5.41, 5.74) is 4.97. The molecule has 5 rings (SSSR count). The maximum Gasteiger partial charge on any atom is 0.166 e. The zero-order valence-electron chi connectivity index (χ0n) is 18.3. The standard InChI is InChI=1S/C23H29N5OS/c1-14-13-24-20(18-11-10-17(26(2)3)12-19(18)29-4)21-25-22(30-5)23(27(14)21)28(15-6-7-15)16-8-9-16/h10-13,15-16H,6-9H2,1-5H3. The first-order valence-corrected chi connectivity index (χ1v) is 11.8. The topological polar surface area (TPSA) is 45.9 Å². The Bertz CT molecular complexity index is 1090. The number of ether oxygens (including phenoxy) is 1. The van der Waals surface area contributed by atoms with Gasteiger partial charge in [-0.3, -0.25) is 9.38 Å². The van der Waals surface area contributed by atoms with Gasteiger partial charge >= 0.3 is 0 Å². The molecule has 1 aromatic carbocycles. The van der Waals surface area contributed by atoms with Crippen molar-refractivity contribution in [1.82, 2.24) is 14.4 Å². The molecule has 30 heavy (non-hydrogen) atoms. The molecular weight excluding hydrogens is 394 g/mol. The van der Waals surface area contributed by atoms with Gasteiger partial charge in [0.2, 0.25) is 0 Å². The van der Waals surface area contributed by atoms with Crippen LogP contribution < -0.4 is 14.5 Å². The Labute approximate surface area is 182 Å². The van der Waals surface area contributed by atoms with E-state index in [4.69, 9.17) is 14.7 Å². The molecule has 7 heteroatoms. The van der Waals surface area contributed by atoms with Crippen LogP contribution >= 0.6 is 11.8 Å². The second-order valence-corrected chi connectivity index (χ2v) is 9.30. The summed E-state index contributed by atoms with van der Waals surface area (Å²) in [6.45, 7) is 2.13. The van der Waals surface area contributed by atoms with Gasteiger partial charge in [-0.05, 0) is 51.0 Å². The van der Waals surface area contributed by atoms with E-state index in [0.29, 0.717) is 12.1 Å². The molecule has 2 fully saturated rings. The van der Waals surface area contributed by atoms with Gasteiger partial charge in [-0.25, -0.2) is 4.98 Å². The Morgan fingerprint density at radius 1 is 1.13 bits per heavy atom. The third-order valence-electron chi connectivity index (χ3n) is 6.04. The lowest BCUT2D eigenvalue weighted by Gasteiger charge is -2.25. The molecular formula is C23H29N5OS. The van der Waals surface area contributed by atoms with E-state index < -0.39 is 0 Å². The van der Waals surface area contributed by atoms with Crippen LogP contribution in [0.1, 0.15) is 31.4 Å². The maximum absolute atomic E-state index is 5.76. The van der Waals surface area contributed by atoms with Crippen molar-refractivity contribution in [2.45, 2.75) is 49.7 Å². The van der Waals surface area contributed by atoms with Gasteiger partial charge in [-0.1, -0.05) is 0 Å². The highest BCUT2D eigenvalue weighted by atomic mass is 32.2. The Morgan fingerprint density at radius 2 is 1.83 bits per heavy atom. The minimum Gasteiger partial charge on any atom is -0.496 e. The number of hydrogen-bond acceptors (Lipinski definition) is 6. The van der Waals surface area contributed by atoms with Gasteiger partial charge in [-0.15, -0.1) is 11.8 Å². The number of aryl methyl sites for hydroxylation is 1. The molecule has 0 N–H and O–H groups in total. The molecule has 0 radical (unpaired) electrons. The number of hydrogen-bond donors (Lipinski definition) is 0. The van der Waals surface area contributed by atoms with Crippen LogP contribution in [-0.2, 0) is 0 Å². The fourth-order valence-corrected chi connectivity index (χ4v) is 4.77. The van der Waals surface area contributed by atoms with Crippen LogP contribution in [0.15, 0.2) is 29.4 Å². The summed E-state index contributed by atoms with van der Waals surface area (Å²) in [5, 5.41) is 1.09. The Balaban J connectivity index is 1.73. The van der Waals surface area contributed by atoms with E-state index in [-0.39, 0.29) is 0 Å². The van der Waals surface area contributed by atoms with Crippen molar-refractivity contribution in [2.24, 2.45) is 0 Å². The number of fused-ring (bicyclic) bond motifs is 1. The highest BCUT2D eigenvalue weighted by molar-refractivity contribution is 7.98. The largest absolute Gasteiger partial charge is 0.496 e. The molecule has 2 aromatic heterocycles. The van der Waals surface area contributed by atoms with Crippen LogP contribution in [0, 0.1) is 6.92 Å². The SMILES string of the molecule is COc1cc(N(C)C)ccc1-c1ncc(C)n2c(N(C3CC3)C3CC3)c(SC)nc12. The molecule has 2 saturated carbocycles. The molecule has 0 saturated heterocycles. The fraction of sp³-hybridized carbons (Fsp3) is 0.478. The van der Waals surface area contributed by atoms with Crippen LogP contribution in [0.4, 0.5) is 11.5 Å². The average Bonchev–Trinajstić information content (AvgIpc) is 3.67. The van der Waals surface area contributed by atoms with Gasteiger partial charge in [0.25, 0.3) is 0 Å². The molecule has 0 amide bonds. The molecule has 158 valence electrons. The molecule has 0 spiro atoms. The number of benzene rings is 1. The first-order valence-electron chi connectivity index (χ1n) is 10.6. The molecule has 2 aliphatic carbocycles. The van der Waals surface area contributed by atoms with Crippen molar-refractivity contribution in [2.75, 3.05) is 37.3 Å². The van der Waals surface area contributed by atoms with Crippen molar-refractivity contribution >= 4 is 28.9 Å². The van der Waals surface area contributed by atoms with E-state index in [1.54, 1.807) is 18.9 Å². The summed E-state index contributed by atoms with van der Waals surface area (Å²) >= 11 is 1.73. The van der Waals surface area contributed by atoms with Gasteiger partial charge in [0, 0.05) is 55.4 Å². The van der Waals surface area contributed by atoms with E-state index in [2.05, 4.69) is 45.6 Å². The van der Waals surface area contributed by atoms with Crippen LogP contribution in [0.2, 0.25) is 0 Å². The minimum absolute atomic E-state index is 0.660. The first-order chi connectivity index (χ1) is 14.5. The zero-order valence-corrected chi connectivity index (χ0v) is 19.2. The van der Waals surface area contributed by atoms with Crippen LogP contribution in [-0.4, -0.2) is 53.9 Å². The number of methoxy groups -OCH3 is 1. The second kappa shape index (κ2) is 7.38. The quantitative estimate of drug-likeness (QED) is 0.516. The van der Waals surface area contributed by atoms with Crippen molar-refractivity contribution in [3.8, 4) is 17.0 Å². The highest BCUT2D eigenvalue weighted by Crippen LogP contribution is 2.45. The predicted octanol–water partition coefficient (Wildman–Crippen LogP) is 4.63. The third-order valence-corrected chi connectivity index (χ3v) is 6.70.